The van der Waals surface area contributed by atoms with E-state index in [-0.39, 0.29) is 11.5 Å². The number of halogens is 1. The molecule has 7 heteroatoms. The molecular formula is C14H14ClN3O2S. The minimum absolute atomic E-state index is 0.108. The highest BCUT2D eigenvalue weighted by atomic mass is 35.5. The lowest BCUT2D eigenvalue weighted by Crippen LogP contribution is -2.11. The van der Waals surface area contributed by atoms with Gasteiger partial charge in [0.1, 0.15) is 0 Å². The summed E-state index contributed by atoms with van der Waals surface area (Å²) in [4.78, 5) is 23.2. The summed E-state index contributed by atoms with van der Waals surface area (Å²) in [7, 11) is 0. The molecule has 0 radical (unpaired) electrons. The van der Waals surface area contributed by atoms with Crippen LogP contribution in [0.2, 0.25) is 5.02 Å². The molecule has 0 saturated heterocycles. The van der Waals surface area contributed by atoms with Gasteiger partial charge in [-0.2, -0.15) is 0 Å². The van der Waals surface area contributed by atoms with Gasteiger partial charge in [-0.05, 0) is 29.6 Å². The van der Waals surface area contributed by atoms with Crippen molar-refractivity contribution in [1.82, 2.24) is 0 Å². The molecule has 0 aliphatic rings. The number of hydrogen-bond acceptors (Lipinski definition) is 4. The summed E-state index contributed by atoms with van der Waals surface area (Å²) < 4.78 is 0. The first-order chi connectivity index (χ1) is 9.97. The smallest absolute Gasteiger partial charge is 0.250 e. The van der Waals surface area contributed by atoms with Gasteiger partial charge in [-0.3, -0.25) is 9.59 Å². The van der Waals surface area contributed by atoms with E-state index in [1.54, 1.807) is 18.2 Å². The Labute approximate surface area is 131 Å². The highest BCUT2D eigenvalue weighted by Crippen LogP contribution is 2.25. The van der Waals surface area contributed by atoms with Crippen molar-refractivity contribution in [2.45, 2.75) is 13.5 Å². The number of hydrogen-bond donors (Lipinski definition) is 3. The van der Waals surface area contributed by atoms with E-state index in [2.05, 4.69) is 10.6 Å². The van der Waals surface area contributed by atoms with E-state index >= 15 is 0 Å². The first-order valence-electron chi connectivity index (χ1n) is 6.14. The van der Waals surface area contributed by atoms with Crippen LogP contribution in [-0.2, 0) is 11.3 Å². The van der Waals surface area contributed by atoms with E-state index in [1.807, 2.05) is 11.4 Å². The molecule has 0 atom stereocenters. The summed E-state index contributed by atoms with van der Waals surface area (Å²) in [6.07, 6.45) is 0. The van der Waals surface area contributed by atoms with Crippen LogP contribution in [0.1, 0.15) is 22.2 Å². The molecule has 0 aliphatic heterocycles. The second-order valence-electron chi connectivity index (χ2n) is 4.35. The molecule has 0 fully saturated rings. The van der Waals surface area contributed by atoms with Crippen LogP contribution in [0, 0.1) is 0 Å². The van der Waals surface area contributed by atoms with Gasteiger partial charge in [0.05, 0.1) is 22.8 Å². The lowest BCUT2D eigenvalue weighted by atomic mass is 10.2. The van der Waals surface area contributed by atoms with Gasteiger partial charge in [0.25, 0.3) is 0 Å². The van der Waals surface area contributed by atoms with Crippen LogP contribution in [0.5, 0.6) is 0 Å². The molecule has 5 nitrogen and oxygen atoms in total. The van der Waals surface area contributed by atoms with E-state index in [9.17, 15) is 9.59 Å². The van der Waals surface area contributed by atoms with Crippen LogP contribution in [0.4, 0.5) is 11.4 Å². The third-order valence-corrected chi connectivity index (χ3v) is 3.98. The zero-order valence-corrected chi connectivity index (χ0v) is 12.8. The maximum absolute atomic E-state index is 11.1. The quantitative estimate of drug-likeness (QED) is 0.790. The molecule has 4 N–H and O–H groups in total. The average Bonchev–Trinajstić information content (AvgIpc) is 2.82. The van der Waals surface area contributed by atoms with Crippen molar-refractivity contribution in [3.8, 4) is 0 Å². The number of amides is 2. The Hall–Kier alpha value is -2.05. The summed E-state index contributed by atoms with van der Waals surface area (Å²) >= 11 is 7.53. The molecule has 110 valence electrons. The molecule has 0 bridgehead atoms. The summed E-state index contributed by atoms with van der Waals surface area (Å²) in [5.74, 6) is -0.666. The fourth-order valence-electron chi connectivity index (χ4n) is 1.79. The molecule has 1 heterocycles. The van der Waals surface area contributed by atoms with E-state index in [0.29, 0.717) is 11.6 Å². The Balaban J connectivity index is 2.07. The molecule has 0 spiro atoms. The van der Waals surface area contributed by atoms with Crippen molar-refractivity contribution >= 4 is 46.1 Å². The Morgan fingerprint density at radius 1 is 1.33 bits per heavy atom. The number of carbonyl (C=O) groups is 2. The molecule has 0 saturated carbocycles. The fraction of sp³-hybridized carbons (Fsp3) is 0.143. The SMILES string of the molecule is CC(=O)Nc1ccsc1CNc1ccc(C(N)=O)c(Cl)c1. The van der Waals surface area contributed by atoms with Crippen molar-refractivity contribution in [3.63, 3.8) is 0 Å². The van der Waals surface area contributed by atoms with Gasteiger partial charge in [0, 0.05) is 17.5 Å². The highest BCUT2D eigenvalue weighted by Gasteiger charge is 2.08. The number of primary amides is 1. The van der Waals surface area contributed by atoms with E-state index < -0.39 is 5.91 Å². The number of carbonyl (C=O) groups excluding carboxylic acids is 2. The predicted octanol–water partition coefficient (Wildman–Crippen LogP) is 3.07. The van der Waals surface area contributed by atoms with Crippen LogP contribution in [0.3, 0.4) is 0 Å². The highest BCUT2D eigenvalue weighted by molar-refractivity contribution is 7.10. The molecule has 2 aromatic rings. The predicted molar refractivity (Wildman–Crippen MR) is 85.9 cm³/mol. The maximum atomic E-state index is 11.1. The van der Waals surface area contributed by atoms with E-state index in [0.717, 1.165) is 16.3 Å². The van der Waals surface area contributed by atoms with Gasteiger partial charge in [-0.25, -0.2) is 0 Å². The Morgan fingerprint density at radius 3 is 2.71 bits per heavy atom. The Kier molecular flexibility index (Phi) is 4.82. The number of rotatable bonds is 5. The molecule has 2 rings (SSSR count). The summed E-state index contributed by atoms with van der Waals surface area (Å²) in [5.41, 5.74) is 7.05. The first kappa shape index (κ1) is 15.3. The third-order valence-electron chi connectivity index (χ3n) is 2.74. The average molecular weight is 324 g/mol. The van der Waals surface area contributed by atoms with Crippen LogP contribution in [0.15, 0.2) is 29.6 Å². The number of thiophene rings is 1. The van der Waals surface area contributed by atoms with Crippen LogP contribution < -0.4 is 16.4 Å². The van der Waals surface area contributed by atoms with Crippen molar-refractivity contribution in [2.24, 2.45) is 5.73 Å². The minimum Gasteiger partial charge on any atom is -0.380 e. The monoisotopic (exact) mass is 323 g/mol. The molecule has 21 heavy (non-hydrogen) atoms. The second kappa shape index (κ2) is 6.60. The Bertz CT molecular complexity index is 685. The zero-order chi connectivity index (χ0) is 15.4. The molecule has 2 amide bonds. The van der Waals surface area contributed by atoms with Crippen molar-refractivity contribution < 1.29 is 9.59 Å². The lowest BCUT2D eigenvalue weighted by molar-refractivity contribution is -0.114. The number of nitrogens with two attached hydrogens (primary N) is 1. The first-order valence-corrected chi connectivity index (χ1v) is 7.40. The lowest BCUT2D eigenvalue weighted by Gasteiger charge is -2.09. The van der Waals surface area contributed by atoms with Crippen molar-refractivity contribution in [2.75, 3.05) is 10.6 Å². The number of anilines is 2. The number of benzene rings is 1. The van der Waals surface area contributed by atoms with Gasteiger partial charge in [0.2, 0.25) is 11.8 Å². The summed E-state index contributed by atoms with van der Waals surface area (Å²) in [5, 5.41) is 8.17. The molecule has 1 aromatic carbocycles. The molecule has 0 aliphatic carbocycles. The topological polar surface area (TPSA) is 84.2 Å². The largest absolute Gasteiger partial charge is 0.380 e. The number of nitrogens with one attached hydrogen (secondary N) is 2. The van der Waals surface area contributed by atoms with Gasteiger partial charge in [-0.15, -0.1) is 11.3 Å². The van der Waals surface area contributed by atoms with Gasteiger partial charge in [-0.1, -0.05) is 11.6 Å². The summed E-state index contributed by atoms with van der Waals surface area (Å²) in [6.45, 7) is 2.01. The summed E-state index contributed by atoms with van der Waals surface area (Å²) in [6, 6.07) is 6.81. The van der Waals surface area contributed by atoms with E-state index in [4.69, 9.17) is 17.3 Å². The Morgan fingerprint density at radius 2 is 2.10 bits per heavy atom. The van der Waals surface area contributed by atoms with E-state index in [1.165, 1.54) is 18.3 Å². The molecule has 0 unspecified atom stereocenters. The normalized spacial score (nSPS) is 10.2. The van der Waals surface area contributed by atoms with Crippen molar-refractivity contribution in [1.29, 1.82) is 0 Å². The second-order valence-corrected chi connectivity index (χ2v) is 5.76. The van der Waals surface area contributed by atoms with Crippen LogP contribution in [0.25, 0.3) is 0 Å². The third kappa shape index (κ3) is 3.96. The zero-order valence-electron chi connectivity index (χ0n) is 11.3. The van der Waals surface area contributed by atoms with Crippen LogP contribution >= 0.6 is 22.9 Å². The molecule has 1 aromatic heterocycles. The van der Waals surface area contributed by atoms with Crippen LogP contribution in [-0.4, -0.2) is 11.8 Å². The van der Waals surface area contributed by atoms with Crippen molar-refractivity contribution in [3.05, 3.63) is 45.1 Å². The standard InChI is InChI=1S/C14H14ClN3O2S/c1-8(19)18-12-4-5-21-13(12)7-17-9-2-3-10(14(16)20)11(15)6-9/h2-6,17H,7H2,1H3,(H2,16,20)(H,18,19). The fourth-order valence-corrected chi connectivity index (χ4v) is 2.83. The maximum Gasteiger partial charge on any atom is 0.250 e. The van der Waals surface area contributed by atoms with Gasteiger partial charge in [0.15, 0.2) is 0 Å². The molecular weight excluding hydrogens is 310 g/mol. The van der Waals surface area contributed by atoms with Gasteiger partial charge >= 0.3 is 0 Å². The minimum atomic E-state index is -0.558. The van der Waals surface area contributed by atoms with Gasteiger partial charge < -0.3 is 16.4 Å².